The molecule has 0 saturated carbocycles. The fourth-order valence-corrected chi connectivity index (χ4v) is 5.11. The van der Waals surface area contributed by atoms with Crippen LogP contribution in [-0.2, 0) is 19.1 Å². The van der Waals surface area contributed by atoms with Gasteiger partial charge in [0.25, 0.3) is 5.91 Å². The van der Waals surface area contributed by atoms with E-state index in [-0.39, 0.29) is 29.5 Å². The van der Waals surface area contributed by atoms with Gasteiger partial charge in [0, 0.05) is 0 Å². The number of esters is 1. The van der Waals surface area contributed by atoms with Crippen LogP contribution in [0.4, 0.5) is 0 Å². The lowest BCUT2D eigenvalue weighted by molar-refractivity contribution is -0.187. The average Bonchev–Trinajstić information content (AvgIpc) is 2.76. The molecule has 6 nitrogen and oxygen atoms in total. The highest BCUT2D eigenvalue weighted by molar-refractivity contribution is 6.15. The van der Waals surface area contributed by atoms with Crippen LogP contribution in [0.2, 0.25) is 0 Å². The van der Waals surface area contributed by atoms with Crippen LogP contribution in [0.25, 0.3) is 0 Å². The lowest BCUT2D eigenvalue weighted by Crippen LogP contribution is -2.46. The minimum Gasteiger partial charge on any atom is -0.477 e. The number of allylic oxidation sites excluding steroid dienone is 1. The van der Waals surface area contributed by atoms with E-state index < -0.39 is 11.9 Å². The van der Waals surface area contributed by atoms with Crippen LogP contribution in [0, 0.1) is 11.8 Å². The first kappa shape index (κ1) is 30.2. The largest absolute Gasteiger partial charge is 0.477 e. The van der Waals surface area contributed by atoms with Gasteiger partial charge >= 0.3 is 11.9 Å². The number of hydrogen-bond donors (Lipinski definition) is 2. The van der Waals surface area contributed by atoms with Gasteiger partial charge in [0.1, 0.15) is 11.7 Å². The van der Waals surface area contributed by atoms with Crippen molar-refractivity contribution in [3.8, 4) is 0 Å². The van der Waals surface area contributed by atoms with Crippen molar-refractivity contribution in [1.29, 1.82) is 0 Å². The zero-order valence-electron chi connectivity index (χ0n) is 21.9. The van der Waals surface area contributed by atoms with Gasteiger partial charge in [-0.25, -0.2) is 4.79 Å². The third-order valence-corrected chi connectivity index (χ3v) is 7.15. The summed E-state index contributed by atoms with van der Waals surface area (Å²) in [6, 6.07) is 0. The molecule has 0 aliphatic carbocycles. The predicted molar refractivity (Wildman–Crippen MR) is 136 cm³/mol. The van der Waals surface area contributed by atoms with Gasteiger partial charge in [0.05, 0.1) is 5.92 Å². The topological polar surface area (TPSA) is 107 Å². The Morgan fingerprint density at radius 3 is 1.94 bits per heavy atom. The molecule has 196 valence electrons. The minimum atomic E-state index is -1.27. The Kier molecular flexibility index (Phi) is 15.6. The SMILES string of the molecule is CCCCCCCCCCC[C@@H](CC(C)=C(C(N)=O)C(=O)O)C[C@@H]1OC(=O)[C@H]1CCCCCC. The molecule has 0 aromatic rings. The summed E-state index contributed by atoms with van der Waals surface area (Å²) in [5.74, 6) is -2.12. The fourth-order valence-electron chi connectivity index (χ4n) is 5.11. The van der Waals surface area contributed by atoms with Gasteiger partial charge in [0.2, 0.25) is 0 Å². The molecule has 6 heteroatoms. The van der Waals surface area contributed by atoms with Crippen LogP contribution in [0.15, 0.2) is 11.1 Å². The van der Waals surface area contributed by atoms with Crippen molar-refractivity contribution in [2.75, 3.05) is 0 Å². The van der Waals surface area contributed by atoms with E-state index in [0.717, 1.165) is 51.4 Å². The highest BCUT2D eigenvalue weighted by Crippen LogP contribution is 2.36. The van der Waals surface area contributed by atoms with E-state index in [4.69, 9.17) is 10.5 Å². The van der Waals surface area contributed by atoms with Crippen LogP contribution in [0.1, 0.15) is 130 Å². The second-order valence-corrected chi connectivity index (χ2v) is 10.2. The normalized spacial score (nSPS) is 19.2. The molecule has 3 N–H and O–H groups in total. The number of cyclic esters (lactones) is 1. The maximum atomic E-state index is 12.1. The average molecular weight is 480 g/mol. The third kappa shape index (κ3) is 11.5. The van der Waals surface area contributed by atoms with Crippen molar-refractivity contribution in [2.24, 2.45) is 17.6 Å². The Labute approximate surface area is 207 Å². The molecule has 34 heavy (non-hydrogen) atoms. The van der Waals surface area contributed by atoms with Gasteiger partial charge in [-0.2, -0.15) is 0 Å². The van der Waals surface area contributed by atoms with Gasteiger partial charge in [-0.15, -0.1) is 0 Å². The predicted octanol–water partition coefficient (Wildman–Crippen LogP) is 6.70. The first-order valence-corrected chi connectivity index (χ1v) is 13.7. The third-order valence-electron chi connectivity index (χ3n) is 7.15. The summed E-state index contributed by atoms with van der Waals surface area (Å²) in [7, 11) is 0. The molecule has 3 atom stereocenters. The number of ether oxygens (including phenoxy) is 1. The van der Waals surface area contributed by atoms with E-state index in [2.05, 4.69) is 13.8 Å². The molecule has 1 aliphatic heterocycles. The number of primary amides is 1. The standard InChI is InChI=1S/C28H49NO5/c1-4-6-8-10-11-12-13-14-15-17-22(19-21(3)25(26(29)30)27(31)32)20-24-23(28(33)34-24)18-16-9-7-5-2/h22-24H,4-20H2,1-3H3,(H2,29,30)(H,31,32)/t22-,23-,24-/m0/s1. The molecule has 0 bridgehead atoms. The van der Waals surface area contributed by atoms with E-state index in [1.165, 1.54) is 51.4 Å². The Balaban J connectivity index is 2.63. The Hall–Kier alpha value is -1.85. The molecule has 1 fully saturated rings. The Bertz CT molecular complexity index is 641. The van der Waals surface area contributed by atoms with Crippen LogP contribution in [-0.4, -0.2) is 29.1 Å². The molecular weight excluding hydrogens is 430 g/mol. The number of carbonyl (C=O) groups excluding carboxylic acids is 2. The molecule has 0 aromatic carbocycles. The molecule has 1 aliphatic rings. The lowest BCUT2D eigenvalue weighted by atomic mass is 9.81. The molecule has 0 aromatic heterocycles. The van der Waals surface area contributed by atoms with Gasteiger partial charge in [-0.05, 0) is 32.1 Å². The second-order valence-electron chi connectivity index (χ2n) is 10.2. The van der Waals surface area contributed by atoms with Crippen molar-refractivity contribution in [3.05, 3.63) is 11.1 Å². The molecule has 0 radical (unpaired) electrons. The number of carboxylic acids is 1. The first-order chi connectivity index (χ1) is 16.3. The van der Waals surface area contributed by atoms with Gasteiger partial charge in [-0.3, -0.25) is 9.59 Å². The van der Waals surface area contributed by atoms with Gasteiger partial charge in [0.15, 0.2) is 0 Å². The fraction of sp³-hybridized carbons (Fsp3) is 0.821. The van der Waals surface area contributed by atoms with E-state index in [1.54, 1.807) is 6.92 Å². The second kappa shape index (κ2) is 17.6. The summed E-state index contributed by atoms with van der Waals surface area (Å²) < 4.78 is 5.50. The summed E-state index contributed by atoms with van der Waals surface area (Å²) in [6.45, 7) is 6.09. The van der Waals surface area contributed by atoms with Gasteiger partial charge in [-0.1, -0.05) is 109 Å². The Morgan fingerprint density at radius 2 is 1.44 bits per heavy atom. The number of carboxylic acid groups (broad SMARTS) is 1. The molecule has 0 spiro atoms. The van der Waals surface area contributed by atoms with Crippen molar-refractivity contribution in [2.45, 2.75) is 136 Å². The van der Waals surface area contributed by atoms with Crippen molar-refractivity contribution in [1.82, 2.24) is 0 Å². The summed E-state index contributed by atoms with van der Waals surface area (Å²) in [4.78, 5) is 35.2. The van der Waals surface area contributed by atoms with E-state index >= 15 is 0 Å². The number of aliphatic carboxylic acids is 1. The number of amides is 1. The lowest BCUT2D eigenvalue weighted by Gasteiger charge is -2.37. The van der Waals surface area contributed by atoms with E-state index in [0.29, 0.717) is 12.0 Å². The monoisotopic (exact) mass is 479 g/mol. The number of nitrogens with two attached hydrogens (primary N) is 1. The number of rotatable bonds is 21. The van der Waals surface area contributed by atoms with Crippen LogP contribution >= 0.6 is 0 Å². The molecular formula is C28H49NO5. The van der Waals surface area contributed by atoms with Crippen molar-refractivity contribution in [3.63, 3.8) is 0 Å². The molecule has 0 unspecified atom stereocenters. The van der Waals surface area contributed by atoms with Gasteiger partial charge < -0.3 is 15.6 Å². The Morgan fingerprint density at radius 1 is 0.912 bits per heavy atom. The number of carbonyl (C=O) groups is 3. The molecule has 1 saturated heterocycles. The number of hydrogen-bond acceptors (Lipinski definition) is 4. The smallest absolute Gasteiger partial charge is 0.341 e. The van der Waals surface area contributed by atoms with E-state index in [9.17, 15) is 19.5 Å². The van der Waals surface area contributed by atoms with Crippen molar-refractivity contribution >= 4 is 17.8 Å². The molecule has 1 heterocycles. The van der Waals surface area contributed by atoms with Crippen molar-refractivity contribution < 1.29 is 24.2 Å². The summed E-state index contributed by atoms with van der Waals surface area (Å²) >= 11 is 0. The minimum absolute atomic E-state index is 0.0400. The van der Waals surface area contributed by atoms with Crippen LogP contribution in [0.5, 0.6) is 0 Å². The highest BCUT2D eigenvalue weighted by Gasteiger charge is 2.42. The molecule has 1 amide bonds. The summed E-state index contributed by atoms with van der Waals surface area (Å²) in [5.41, 5.74) is 5.54. The highest BCUT2D eigenvalue weighted by atomic mass is 16.6. The molecule has 1 rings (SSSR count). The maximum absolute atomic E-state index is 12.1. The zero-order valence-corrected chi connectivity index (χ0v) is 21.9. The van der Waals surface area contributed by atoms with Crippen LogP contribution in [0.3, 0.4) is 0 Å². The maximum Gasteiger partial charge on any atom is 0.341 e. The first-order valence-electron chi connectivity index (χ1n) is 13.7. The van der Waals surface area contributed by atoms with E-state index in [1.807, 2.05) is 0 Å². The van der Waals surface area contributed by atoms with Crippen LogP contribution < -0.4 is 5.73 Å². The zero-order chi connectivity index (χ0) is 25.3. The quantitative estimate of drug-likeness (QED) is 0.0626. The summed E-state index contributed by atoms with van der Waals surface area (Å²) in [5, 5.41) is 9.41. The number of unbranched alkanes of at least 4 members (excludes halogenated alkanes) is 11. The summed E-state index contributed by atoms with van der Waals surface area (Å²) in [6.07, 6.45) is 18.7.